The summed E-state index contributed by atoms with van der Waals surface area (Å²) in [6.45, 7) is 5.01. The Balaban J connectivity index is 1.60. The summed E-state index contributed by atoms with van der Waals surface area (Å²) in [4.78, 5) is 4.81. The molecular weight excluding hydrogens is 291 g/mol. The summed E-state index contributed by atoms with van der Waals surface area (Å²) in [6, 6.07) is 15.1. The van der Waals surface area contributed by atoms with Crippen LogP contribution in [0.1, 0.15) is 12.0 Å². The maximum Gasteiger partial charge on any atom is 0.123 e. The average Bonchev–Trinajstić information content (AvgIpc) is 2.81. The number of rotatable bonds is 4. The number of hydrogen-bond acceptors (Lipinski definition) is 3. The fourth-order valence-corrected chi connectivity index (χ4v) is 3.07. The molecule has 3 nitrogen and oxygen atoms in total. The molecule has 2 aromatic rings. The van der Waals surface area contributed by atoms with Crippen LogP contribution in [-0.2, 0) is 6.54 Å². The highest BCUT2D eigenvalue weighted by atomic mass is 19.1. The summed E-state index contributed by atoms with van der Waals surface area (Å²) >= 11 is 0. The maximum atomic E-state index is 13.1. The molecular formula is C19H23FN2O. The minimum atomic E-state index is -0.178. The van der Waals surface area contributed by atoms with Crippen LogP contribution in [0.3, 0.4) is 0 Å². The zero-order valence-electron chi connectivity index (χ0n) is 13.5. The lowest BCUT2D eigenvalue weighted by molar-refractivity contribution is 0.285. The van der Waals surface area contributed by atoms with Crippen LogP contribution in [0.25, 0.3) is 0 Å². The van der Waals surface area contributed by atoms with Gasteiger partial charge in [0.05, 0.1) is 7.11 Å². The molecule has 0 bridgehead atoms. The molecule has 1 heterocycles. The zero-order chi connectivity index (χ0) is 16.1. The molecule has 0 spiro atoms. The summed E-state index contributed by atoms with van der Waals surface area (Å²) in [5.74, 6) is 0.730. The van der Waals surface area contributed by atoms with Crippen LogP contribution < -0.4 is 9.64 Å². The molecule has 122 valence electrons. The predicted molar refractivity (Wildman–Crippen MR) is 91.5 cm³/mol. The molecule has 1 fully saturated rings. The van der Waals surface area contributed by atoms with Gasteiger partial charge in [0.2, 0.25) is 0 Å². The number of hydrogen-bond donors (Lipinski definition) is 0. The second-order valence-corrected chi connectivity index (χ2v) is 5.94. The van der Waals surface area contributed by atoms with Gasteiger partial charge in [-0.1, -0.05) is 12.1 Å². The Labute approximate surface area is 137 Å². The molecule has 0 saturated carbocycles. The minimum Gasteiger partial charge on any atom is -0.497 e. The average molecular weight is 314 g/mol. The number of ether oxygens (including phenoxy) is 1. The van der Waals surface area contributed by atoms with Crippen molar-refractivity contribution in [3.05, 3.63) is 59.9 Å². The van der Waals surface area contributed by atoms with E-state index in [-0.39, 0.29) is 5.82 Å². The lowest BCUT2D eigenvalue weighted by Gasteiger charge is -2.23. The van der Waals surface area contributed by atoms with Crippen molar-refractivity contribution in [2.45, 2.75) is 13.0 Å². The topological polar surface area (TPSA) is 15.7 Å². The Morgan fingerprint density at radius 1 is 1.00 bits per heavy atom. The fourth-order valence-electron chi connectivity index (χ4n) is 3.07. The van der Waals surface area contributed by atoms with Crippen molar-refractivity contribution < 1.29 is 9.13 Å². The first-order chi connectivity index (χ1) is 11.2. The highest BCUT2D eigenvalue weighted by molar-refractivity contribution is 5.46. The third-order valence-electron chi connectivity index (χ3n) is 4.32. The third kappa shape index (κ3) is 4.23. The Morgan fingerprint density at radius 3 is 2.61 bits per heavy atom. The summed E-state index contributed by atoms with van der Waals surface area (Å²) < 4.78 is 18.4. The number of anilines is 1. The molecule has 1 saturated heterocycles. The van der Waals surface area contributed by atoms with E-state index in [1.54, 1.807) is 7.11 Å². The Bertz CT molecular complexity index is 630. The zero-order valence-corrected chi connectivity index (χ0v) is 13.5. The van der Waals surface area contributed by atoms with Crippen molar-refractivity contribution >= 4 is 5.69 Å². The van der Waals surface area contributed by atoms with Gasteiger partial charge in [-0.2, -0.15) is 0 Å². The van der Waals surface area contributed by atoms with E-state index in [9.17, 15) is 4.39 Å². The monoisotopic (exact) mass is 314 g/mol. The highest BCUT2D eigenvalue weighted by Gasteiger charge is 2.15. The molecule has 23 heavy (non-hydrogen) atoms. The maximum absolute atomic E-state index is 13.1. The minimum absolute atomic E-state index is 0.178. The van der Waals surface area contributed by atoms with Gasteiger partial charge in [0.1, 0.15) is 11.6 Å². The molecule has 0 atom stereocenters. The van der Waals surface area contributed by atoms with Crippen LogP contribution >= 0.6 is 0 Å². The molecule has 4 heteroatoms. The summed E-state index contributed by atoms with van der Waals surface area (Å²) in [5, 5.41) is 0. The Morgan fingerprint density at radius 2 is 1.83 bits per heavy atom. The number of methoxy groups -OCH3 is 1. The summed E-state index contributed by atoms with van der Waals surface area (Å²) in [5.41, 5.74) is 2.38. The van der Waals surface area contributed by atoms with E-state index in [0.717, 1.165) is 50.6 Å². The molecule has 3 rings (SSSR count). The molecule has 0 N–H and O–H groups in total. The van der Waals surface area contributed by atoms with Gasteiger partial charge in [0, 0.05) is 38.4 Å². The molecule has 0 amide bonds. The van der Waals surface area contributed by atoms with Crippen LogP contribution in [-0.4, -0.2) is 38.2 Å². The second-order valence-electron chi connectivity index (χ2n) is 5.94. The lowest BCUT2D eigenvalue weighted by atomic mass is 10.2. The highest BCUT2D eigenvalue weighted by Crippen LogP contribution is 2.19. The van der Waals surface area contributed by atoms with Gasteiger partial charge in [-0.25, -0.2) is 4.39 Å². The third-order valence-corrected chi connectivity index (χ3v) is 4.32. The van der Waals surface area contributed by atoms with Gasteiger partial charge in [0.25, 0.3) is 0 Å². The fraction of sp³-hybridized carbons (Fsp3) is 0.368. The van der Waals surface area contributed by atoms with E-state index in [0.29, 0.717) is 0 Å². The van der Waals surface area contributed by atoms with E-state index >= 15 is 0 Å². The molecule has 1 aliphatic heterocycles. The van der Waals surface area contributed by atoms with Gasteiger partial charge in [-0.3, -0.25) is 4.90 Å². The van der Waals surface area contributed by atoms with Crippen molar-refractivity contribution in [1.29, 1.82) is 0 Å². The van der Waals surface area contributed by atoms with Gasteiger partial charge in [0.15, 0.2) is 0 Å². The quantitative estimate of drug-likeness (QED) is 0.858. The number of benzene rings is 2. The van der Waals surface area contributed by atoms with E-state index in [1.807, 2.05) is 24.3 Å². The van der Waals surface area contributed by atoms with Crippen molar-refractivity contribution in [3.8, 4) is 5.75 Å². The standard InChI is InChI=1S/C19H23FN2O/c1-23-19-5-2-4-16(14-19)15-21-10-3-11-22(13-12-21)18-8-6-17(20)7-9-18/h2,4-9,14H,3,10-13,15H2,1H3. The molecule has 1 aliphatic rings. The van der Waals surface area contributed by atoms with Crippen molar-refractivity contribution in [2.24, 2.45) is 0 Å². The van der Waals surface area contributed by atoms with Crippen LogP contribution in [0.15, 0.2) is 48.5 Å². The van der Waals surface area contributed by atoms with Crippen LogP contribution in [0.5, 0.6) is 5.75 Å². The molecule has 0 radical (unpaired) electrons. The summed E-state index contributed by atoms with van der Waals surface area (Å²) in [6.07, 6.45) is 1.11. The first kappa shape index (κ1) is 15.8. The second kappa shape index (κ2) is 7.47. The Kier molecular flexibility index (Phi) is 5.13. The SMILES string of the molecule is COc1cccc(CN2CCCN(c3ccc(F)cc3)CC2)c1. The first-order valence-corrected chi connectivity index (χ1v) is 8.10. The smallest absolute Gasteiger partial charge is 0.123 e. The van der Waals surface area contributed by atoms with Gasteiger partial charge < -0.3 is 9.64 Å². The van der Waals surface area contributed by atoms with Crippen molar-refractivity contribution in [2.75, 3.05) is 38.2 Å². The number of nitrogens with zero attached hydrogens (tertiary/aromatic N) is 2. The van der Waals surface area contributed by atoms with Crippen molar-refractivity contribution in [3.63, 3.8) is 0 Å². The summed E-state index contributed by atoms with van der Waals surface area (Å²) in [7, 11) is 1.70. The molecule has 0 aliphatic carbocycles. The lowest BCUT2D eigenvalue weighted by Crippen LogP contribution is -2.30. The van der Waals surface area contributed by atoms with E-state index in [1.165, 1.54) is 17.7 Å². The first-order valence-electron chi connectivity index (χ1n) is 8.10. The van der Waals surface area contributed by atoms with Crippen LogP contribution in [0, 0.1) is 5.82 Å². The van der Waals surface area contributed by atoms with Gasteiger partial charge in [-0.05, 0) is 48.4 Å². The van der Waals surface area contributed by atoms with E-state index in [4.69, 9.17) is 4.74 Å². The predicted octanol–water partition coefficient (Wildman–Crippen LogP) is 3.55. The molecule has 0 unspecified atom stereocenters. The molecule has 2 aromatic carbocycles. The van der Waals surface area contributed by atoms with Crippen LogP contribution in [0.2, 0.25) is 0 Å². The van der Waals surface area contributed by atoms with E-state index in [2.05, 4.69) is 21.9 Å². The molecule has 0 aromatic heterocycles. The number of halogens is 1. The largest absolute Gasteiger partial charge is 0.497 e. The van der Waals surface area contributed by atoms with Gasteiger partial charge in [-0.15, -0.1) is 0 Å². The van der Waals surface area contributed by atoms with Crippen molar-refractivity contribution in [1.82, 2.24) is 4.90 Å². The normalized spacial score (nSPS) is 16.2. The van der Waals surface area contributed by atoms with Crippen LogP contribution in [0.4, 0.5) is 10.1 Å². The van der Waals surface area contributed by atoms with Gasteiger partial charge >= 0.3 is 0 Å². The Hall–Kier alpha value is -2.07. The van der Waals surface area contributed by atoms with E-state index < -0.39 is 0 Å².